The molecule has 7 nitrogen and oxygen atoms in total. The van der Waals surface area contributed by atoms with Gasteiger partial charge in [0.2, 0.25) is 12.7 Å². The highest BCUT2D eigenvalue weighted by Gasteiger charge is 2.13. The quantitative estimate of drug-likeness (QED) is 0.761. The summed E-state index contributed by atoms with van der Waals surface area (Å²) in [6, 6.07) is 5.59. The van der Waals surface area contributed by atoms with E-state index in [0.717, 1.165) is 24.4 Å². The first-order valence-corrected chi connectivity index (χ1v) is 7.45. The summed E-state index contributed by atoms with van der Waals surface area (Å²) in [6.07, 6.45) is 5.14. The van der Waals surface area contributed by atoms with Gasteiger partial charge in [-0.15, -0.1) is 5.10 Å². The van der Waals surface area contributed by atoms with Gasteiger partial charge in [-0.3, -0.25) is 0 Å². The SMILES string of the molecule is CCCCCNc1cnnc(Nc2ccc3c(c2)OCO3)n1. The maximum Gasteiger partial charge on any atom is 0.249 e. The molecule has 2 heterocycles. The standard InChI is InChI=1S/C15H19N5O2/c1-2-3-4-7-16-14-9-17-20-15(19-14)18-11-5-6-12-13(8-11)22-10-21-12/h5-6,8-9H,2-4,7,10H2,1H3,(H2,16,18,19,20). The Morgan fingerprint density at radius 2 is 2.09 bits per heavy atom. The molecule has 1 aromatic carbocycles. The van der Waals surface area contributed by atoms with Crippen molar-refractivity contribution in [2.75, 3.05) is 24.0 Å². The highest BCUT2D eigenvalue weighted by Crippen LogP contribution is 2.34. The lowest BCUT2D eigenvalue weighted by Gasteiger charge is -2.08. The molecule has 3 rings (SSSR count). The first kappa shape index (κ1) is 14.4. The topological polar surface area (TPSA) is 81.2 Å². The van der Waals surface area contributed by atoms with Crippen molar-refractivity contribution in [3.63, 3.8) is 0 Å². The minimum absolute atomic E-state index is 0.258. The maximum atomic E-state index is 5.35. The fraction of sp³-hybridized carbons (Fsp3) is 0.400. The van der Waals surface area contributed by atoms with Crippen LogP contribution in [0.4, 0.5) is 17.5 Å². The van der Waals surface area contributed by atoms with Crippen molar-refractivity contribution in [1.29, 1.82) is 0 Å². The molecule has 2 N–H and O–H groups in total. The number of anilines is 3. The van der Waals surface area contributed by atoms with E-state index in [1.54, 1.807) is 6.20 Å². The van der Waals surface area contributed by atoms with E-state index >= 15 is 0 Å². The third-order valence-corrected chi connectivity index (χ3v) is 3.27. The highest BCUT2D eigenvalue weighted by atomic mass is 16.7. The third kappa shape index (κ3) is 3.55. The number of fused-ring (bicyclic) bond motifs is 1. The van der Waals surface area contributed by atoms with Crippen molar-refractivity contribution in [2.45, 2.75) is 26.2 Å². The lowest BCUT2D eigenvalue weighted by molar-refractivity contribution is 0.174. The number of unbranched alkanes of at least 4 members (excludes halogenated alkanes) is 2. The summed E-state index contributed by atoms with van der Waals surface area (Å²) in [4.78, 5) is 4.39. The zero-order valence-electron chi connectivity index (χ0n) is 12.5. The van der Waals surface area contributed by atoms with Gasteiger partial charge in [-0.1, -0.05) is 19.8 Å². The Balaban J connectivity index is 1.62. The van der Waals surface area contributed by atoms with Gasteiger partial charge in [0.15, 0.2) is 17.3 Å². The largest absolute Gasteiger partial charge is 0.454 e. The molecular weight excluding hydrogens is 282 g/mol. The summed E-state index contributed by atoms with van der Waals surface area (Å²) in [7, 11) is 0. The van der Waals surface area contributed by atoms with E-state index in [9.17, 15) is 0 Å². The fourth-order valence-electron chi connectivity index (χ4n) is 2.14. The number of nitrogens with zero attached hydrogens (tertiary/aromatic N) is 3. The summed E-state index contributed by atoms with van der Waals surface area (Å²) >= 11 is 0. The molecule has 0 aliphatic carbocycles. The van der Waals surface area contributed by atoms with Crippen LogP contribution in [0.5, 0.6) is 11.5 Å². The first-order valence-electron chi connectivity index (χ1n) is 7.45. The van der Waals surface area contributed by atoms with Crippen LogP contribution >= 0.6 is 0 Å². The van der Waals surface area contributed by atoms with Gasteiger partial charge in [-0.2, -0.15) is 10.1 Å². The molecule has 1 aromatic heterocycles. The predicted octanol–water partition coefficient (Wildman–Crippen LogP) is 2.95. The maximum absolute atomic E-state index is 5.35. The van der Waals surface area contributed by atoms with E-state index in [-0.39, 0.29) is 6.79 Å². The molecule has 0 spiro atoms. The molecule has 116 valence electrons. The Kier molecular flexibility index (Phi) is 4.53. The number of nitrogens with one attached hydrogen (secondary N) is 2. The lowest BCUT2D eigenvalue weighted by atomic mass is 10.2. The summed E-state index contributed by atoms with van der Waals surface area (Å²) in [5.74, 6) is 2.62. The number of hydrogen-bond donors (Lipinski definition) is 2. The third-order valence-electron chi connectivity index (χ3n) is 3.27. The Bertz CT molecular complexity index is 635. The molecule has 1 aliphatic rings. The molecule has 2 aromatic rings. The molecule has 7 heteroatoms. The van der Waals surface area contributed by atoms with Crippen LogP contribution in [0.25, 0.3) is 0 Å². The molecule has 0 radical (unpaired) electrons. The van der Waals surface area contributed by atoms with E-state index in [4.69, 9.17) is 9.47 Å². The van der Waals surface area contributed by atoms with Gasteiger partial charge < -0.3 is 20.1 Å². The number of ether oxygens (including phenoxy) is 2. The molecule has 1 aliphatic heterocycles. The Labute approximate surface area is 129 Å². The average Bonchev–Trinajstić information content (AvgIpc) is 3.00. The average molecular weight is 301 g/mol. The van der Waals surface area contributed by atoms with Crippen LogP contribution < -0.4 is 20.1 Å². The van der Waals surface area contributed by atoms with Gasteiger partial charge in [0.1, 0.15) is 0 Å². The van der Waals surface area contributed by atoms with Gasteiger partial charge in [-0.05, 0) is 18.6 Å². The van der Waals surface area contributed by atoms with Crippen molar-refractivity contribution in [2.24, 2.45) is 0 Å². The molecule has 0 amide bonds. The highest BCUT2D eigenvalue weighted by molar-refractivity contribution is 5.60. The van der Waals surface area contributed by atoms with Crippen LogP contribution in [-0.2, 0) is 0 Å². The molecule has 0 saturated heterocycles. The minimum Gasteiger partial charge on any atom is -0.454 e. The van der Waals surface area contributed by atoms with Crippen LogP contribution in [0.1, 0.15) is 26.2 Å². The van der Waals surface area contributed by atoms with Gasteiger partial charge in [0.05, 0.1) is 6.20 Å². The first-order chi connectivity index (χ1) is 10.8. The molecule has 0 fully saturated rings. The predicted molar refractivity (Wildman–Crippen MR) is 83.7 cm³/mol. The summed E-state index contributed by atoms with van der Waals surface area (Å²) in [5, 5.41) is 14.3. The Morgan fingerprint density at radius 3 is 3.00 bits per heavy atom. The van der Waals surface area contributed by atoms with Crippen molar-refractivity contribution in [1.82, 2.24) is 15.2 Å². The Morgan fingerprint density at radius 1 is 1.18 bits per heavy atom. The van der Waals surface area contributed by atoms with Crippen LogP contribution in [0.2, 0.25) is 0 Å². The molecule has 0 atom stereocenters. The summed E-state index contributed by atoms with van der Waals surface area (Å²) in [5.41, 5.74) is 0.828. The smallest absolute Gasteiger partial charge is 0.249 e. The minimum atomic E-state index is 0.258. The normalized spacial score (nSPS) is 12.2. The van der Waals surface area contributed by atoms with Crippen LogP contribution in [0, 0.1) is 0 Å². The molecule has 0 bridgehead atoms. The number of hydrogen-bond acceptors (Lipinski definition) is 7. The van der Waals surface area contributed by atoms with Gasteiger partial charge >= 0.3 is 0 Å². The van der Waals surface area contributed by atoms with Crippen molar-refractivity contribution in [3.05, 3.63) is 24.4 Å². The summed E-state index contributed by atoms with van der Waals surface area (Å²) < 4.78 is 10.6. The van der Waals surface area contributed by atoms with E-state index in [1.807, 2.05) is 18.2 Å². The van der Waals surface area contributed by atoms with Crippen LogP contribution in [0.3, 0.4) is 0 Å². The zero-order valence-corrected chi connectivity index (χ0v) is 12.5. The molecule has 0 unspecified atom stereocenters. The summed E-state index contributed by atoms with van der Waals surface area (Å²) in [6.45, 7) is 3.32. The van der Waals surface area contributed by atoms with Crippen molar-refractivity contribution < 1.29 is 9.47 Å². The second-order valence-electron chi connectivity index (χ2n) is 4.99. The molecular formula is C15H19N5O2. The number of aromatic nitrogens is 3. The monoisotopic (exact) mass is 301 g/mol. The van der Waals surface area contributed by atoms with Gasteiger partial charge in [0, 0.05) is 18.3 Å². The van der Waals surface area contributed by atoms with Crippen molar-refractivity contribution >= 4 is 17.5 Å². The van der Waals surface area contributed by atoms with Gasteiger partial charge in [-0.25, -0.2) is 0 Å². The number of rotatable bonds is 7. The van der Waals surface area contributed by atoms with E-state index in [2.05, 4.69) is 32.7 Å². The molecule has 0 saturated carbocycles. The second kappa shape index (κ2) is 6.93. The zero-order chi connectivity index (χ0) is 15.2. The van der Waals surface area contributed by atoms with E-state index in [1.165, 1.54) is 12.8 Å². The lowest BCUT2D eigenvalue weighted by Crippen LogP contribution is -2.06. The Hall–Kier alpha value is -2.57. The van der Waals surface area contributed by atoms with Crippen molar-refractivity contribution in [3.8, 4) is 11.5 Å². The molecule has 22 heavy (non-hydrogen) atoms. The van der Waals surface area contributed by atoms with Crippen LogP contribution in [-0.4, -0.2) is 28.5 Å². The van der Waals surface area contributed by atoms with E-state index in [0.29, 0.717) is 17.5 Å². The number of benzene rings is 1. The fourth-order valence-corrected chi connectivity index (χ4v) is 2.14. The second-order valence-corrected chi connectivity index (χ2v) is 4.99. The van der Waals surface area contributed by atoms with E-state index < -0.39 is 0 Å². The van der Waals surface area contributed by atoms with Crippen LogP contribution in [0.15, 0.2) is 24.4 Å². The van der Waals surface area contributed by atoms with Gasteiger partial charge in [0.25, 0.3) is 0 Å².